The molecule has 0 radical (unpaired) electrons. The van der Waals surface area contributed by atoms with E-state index in [0.29, 0.717) is 38.3 Å². The number of aryl methyl sites for hydroxylation is 1. The van der Waals surface area contributed by atoms with Crippen LogP contribution in [0.25, 0.3) is 10.2 Å². The first-order valence-electron chi connectivity index (χ1n) is 9.87. The Labute approximate surface area is 182 Å². The molecule has 1 amide bonds. The van der Waals surface area contributed by atoms with Crippen molar-refractivity contribution >= 4 is 44.9 Å². The Morgan fingerprint density at radius 1 is 1.26 bits per heavy atom. The van der Waals surface area contributed by atoms with Crippen LogP contribution < -0.4 is 10.9 Å². The number of ether oxygens (including phenoxy) is 1. The summed E-state index contributed by atoms with van der Waals surface area (Å²) in [5.41, 5.74) is 1.05. The van der Waals surface area contributed by atoms with Crippen LogP contribution in [0.3, 0.4) is 0 Å². The summed E-state index contributed by atoms with van der Waals surface area (Å²) in [6.07, 6.45) is 1.68. The molecule has 162 valence electrons. The molecular formula is C22H23N3O5S. The highest BCUT2D eigenvalue weighted by atomic mass is 32.1. The Morgan fingerprint density at radius 3 is 2.65 bits per heavy atom. The Kier molecular flexibility index (Phi) is 6.65. The van der Waals surface area contributed by atoms with E-state index in [9.17, 15) is 19.2 Å². The van der Waals surface area contributed by atoms with Gasteiger partial charge in [0.25, 0.3) is 5.56 Å². The third-order valence-electron chi connectivity index (χ3n) is 4.90. The van der Waals surface area contributed by atoms with Gasteiger partial charge >= 0.3 is 5.97 Å². The molecule has 0 fully saturated rings. The largest absolute Gasteiger partial charge is 0.462 e. The minimum Gasteiger partial charge on any atom is -0.462 e. The van der Waals surface area contributed by atoms with Crippen molar-refractivity contribution in [3.05, 3.63) is 57.0 Å². The van der Waals surface area contributed by atoms with Crippen LogP contribution >= 0.6 is 11.3 Å². The number of ketones is 1. The molecule has 1 aromatic carbocycles. The Balaban J connectivity index is 1.97. The fourth-order valence-corrected chi connectivity index (χ4v) is 4.33. The average Bonchev–Trinajstić information content (AvgIpc) is 3.08. The van der Waals surface area contributed by atoms with E-state index < -0.39 is 23.5 Å². The molecule has 0 saturated heterocycles. The average molecular weight is 442 g/mol. The lowest BCUT2D eigenvalue weighted by Gasteiger charge is -2.18. The first-order chi connectivity index (χ1) is 14.8. The molecule has 1 atom stereocenters. The molecule has 2 aromatic heterocycles. The lowest BCUT2D eigenvalue weighted by Crippen LogP contribution is -2.33. The molecule has 3 aromatic rings. The number of carbonyl (C=O) groups excluding carboxylic acids is 3. The second-order valence-corrected chi connectivity index (χ2v) is 7.96. The van der Waals surface area contributed by atoms with Gasteiger partial charge in [0.2, 0.25) is 5.91 Å². The standard InChI is InChI=1S/C22H23N3O5S/c1-5-16(19(27)24-15-9-7-8-14(10-15)13(4)26)25-11-23-20-17(21(25)28)12(3)18(31-20)22(29)30-6-2/h7-11,16H,5-6H2,1-4H3,(H,24,27). The zero-order valence-electron chi connectivity index (χ0n) is 17.7. The van der Waals surface area contributed by atoms with E-state index in [1.807, 2.05) is 0 Å². The summed E-state index contributed by atoms with van der Waals surface area (Å²) in [6.45, 7) is 6.85. The van der Waals surface area contributed by atoms with E-state index in [4.69, 9.17) is 4.74 Å². The lowest BCUT2D eigenvalue weighted by atomic mass is 10.1. The van der Waals surface area contributed by atoms with E-state index in [2.05, 4.69) is 10.3 Å². The molecule has 31 heavy (non-hydrogen) atoms. The fraction of sp³-hybridized carbons (Fsp3) is 0.318. The monoisotopic (exact) mass is 441 g/mol. The van der Waals surface area contributed by atoms with Gasteiger partial charge in [-0.15, -0.1) is 11.3 Å². The zero-order chi connectivity index (χ0) is 22.7. The summed E-state index contributed by atoms with van der Waals surface area (Å²) in [4.78, 5) is 55.0. The van der Waals surface area contributed by atoms with Gasteiger partial charge in [0.15, 0.2) is 5.78 Å². The van der Waals surface area contributed by atoms with Crippen molar-refractivity contribution in [2.45, 2.75) is 40.2 Å². The number of esters is 1. The van der Waals surface area contributed by atoms with E-state index in [1.165, 1.54) is 17.8 Å². The summed E-state index contributed by atoms with van der Waals surface area (Å²) in [7, 11) is 0. The number of anilines is 1. The maximum Gasteiger partial charge on any atom is 0.348 e. The number of thiophene rings is 1. The summed E-state index contributed by atoms with van der Waals surface area (Å²) in [5, 5.41) is 3.07. The summed E-state index contributed by atoms with van der Waals surface area (Å²) < 4.78 is 6.33. The number of aromatic nitrogens is 2. The lowest BCUT2D eigenvalue weighted by molar-refractivity contribution is -0.119. The number of nitrogens with zero attached hydrogens (tertiary/aromatic N) is 2. The normalized spacial score (nSPS) is 11.9. The van der Waals surface area contributed by atoms with E-state index in [-0.39, 0.29) is 12.4 Å². The quantitative estimate of drug-likeness (QED) is 0.442. The van der Waals surface area contributed by atoms with Gasteiger partial charge in [0.05, 0.1) is 18.3 Å². The third kappa shape index (κ3) is 4.41. The Bertz CT molecular complexity index is 1230. The number of carbonyl (C=O) groups is 3. The molecular weight excluding hydrogens is 418 g/mol. The number of amides is 1. The van der Waals surface area contributed by atoms with Crippen LogP contribution in [0.15, 0.2) is 35.4 Å². The maximum absolute atomic E-state index is 13.2. The van der Waals surface area contributed by atoms with Gasteiger partial charge in [-0.05, 0) is 44.9 Å². The van der Waals surface area contributed by atoms with Crippen molar-refractivity contribution in [3.63, 3.8) is 0 Å². The molecule has 0 aliphatic carbocycles. The topological polar surface area (TPSA) is 107 Å². The second-order valence-electron chi connectivity index (χ2n) is 6.96. The van der Waals surface area contributed by atoms with Crippen LogP contribution in [0.1, 0.15) is 58.8 Å². The van der Waals surface area contributed by atoms with Gasteiger partial charge in [-0.3, -0.25) is 19.0 Å². The van der Waals surface area contributed by atoms with Gasteiger partial charge in [0, 0.05) is 11.3 Å². The van der Waals surface area contributed by atoms with Crippen LogP contribution in [0.4, 0.5) is 5.69 Å². The van der Waals surface area contributed by atoms with Crippen LogP contribution in [-0.2, 0) is 9.53 Å². The molecule has 9 heteroatoms. The van der Waals surface area contributed by atoms with E-state index in [1.54, 1.807) is 45.0 Å². The van der Waals surface area contributed by atoms with Gasteiger partial charge in [-0.1, -0.05) is 19.1 Å². The molecule has 0 spiro atoms. The first-order valence-corrected chi connectivity index (χ1v) is 10.7. The number of fused-ring (bicyclic) bond motifs is 1. The van der Waals surface area contributed by atoms with Crippen molar-refractivity contribution in [2.75, 3.05) is 11.9 Å². The zero-order valence-corrected chi connectivity index (χ0v) is 18.5. The first kappa shape index (κ1) is 22.4. The van der Waals surface area contributed by atoms with Crippen LogP contribution in [-0.4, -0.2) is 33.8 Å². The molecule has 8 nitrogen and oxygen atoms in total. The summed E-state index contributed by atoms with van der Waals surface area (Å²) in [5.74, 6) is -1.01. The van der Waals surface area contributed by atoms with Crippen molar-refractivity contribution in [1.29, 1.82) is 0 Å². The van der Waals surface area contributed by atoms with Crippen molar-refractivity contribution < 1.29 is 19.1 Å². The minimum absolute atomic E-state index is 0.112. The number of benzene rings is 1. The molecule has 0 aliphatic heterocycles. The van der Waals surface area contributed by atoms with Crippen LogP contribution in [0.2, 0.25) is 0 Å². The van der Waals surface area contributed by atoms with Crippen LogP contribution in [0, 0.1) is 6.92 Å². The molecule has 2 heterocycles. The van der Waals surface area contributed by atoms with E-state index in [0.717, 1.165) is 11.3 Å². The van der Waals surface area contributed by atoms with Crippen molar-refractivity contribution in [1.82, 2.24) is 9.55 Å². The number of rotatable bonds is 7. The SMILES string of the molecule is CCOC(=O)c1sc2ncn(C(CC)C(=O)Nc3cccc(C(C)=O)c3)c(=O)c2c1C. The molecule has 0 saturated carbocycles. The molecule has 1 N–H and O–H groups in total. The highest BCUT2D eigenvalue weighted by Crippen LogP contribution is 2.28. The predicted molar refractivity (Wildman–Crippen MR) is 119 cm³/mol. The van der Waals surface area contributed by atoms with Crippen molar-refractivity contribution in [2.24, 2.45) is 0 Å². The van der Waals surface area contributed by atoms with Crippen molar-refractivity contribution in [3.8, 4) is 0 Å². The minimum atomic E-state index is -0.810. The smallest absolute Gasteiger partial charge is 0.348 e. The van der Waals surface area contributed by atoms with Gasteiger partial charge in [-0.2, -0.15) is 0 Å². The second kappa shape index (κ2) is 9.22. The Morgan fingerprint density at radius 2 is 2.00 bits per heavy atom. The fourth-order valence-electron chi connectivity index (χ4n) is 3.30. The van der Waals surface area contributed by atoms with Gasteiger partial charge < -0.3 is 10.1 Å². The Hall–Kier alpha value is -3.33. The molecule has 3 rings (SSSR count). The maximum atomic E-state index is 13.2. The molecule has 1 unspecified atom stereocenters. The number of Topliss-reactive ketones (excluding diaryl/α,β-unsaturated/α-hetero) is 1. The third-order valence-corrected chi connectivity index (χ3v) is 6.08. The van der Waals surface area contributed by atoms with Gasteiger partial charge in [0.1, 0.15) is 15.7 Å². The number of hydrogen-bond acceptors (Lipinski definition) is 7. The molecule has 0 bridgehead atoms. The molecule has 0 aliphatic rings. The highest BCUT2D eigenvalue weighted by molar-refractivity contribution is 7.20. The highest BCUT2D eigenvalue weighted by Gasteiger charge is 2.25. The van der Waals surface area contributed by atoms with Crippen LogP contribution in [0.5, 0.6) is 0 Å². The van der Waals surface area contributed by atoms with Gasteiger partial charge in [-0.25, -0.2) is 9.78 Å². The number of hydrogen-bond donors (Lipinski definition) is 1. The summed E-state index contributed by atoms with van der Waals surface area (Å²) >= 11 is 1.10. The van der Waals surface area contributed by atoms with E-state index >= 15 is 0 Å². The number of nitrogens with one attached hydrogen (secondary N) is 1. The predicted octanol–water partition coefficient (Wildman–Crippen LogP) is 3.74. The summed E-state index contributed by atoms with van der Waals surface area (Å²) in [6, 6.07) is 5.80.